The summed E-state index contributed by atoms with van der Waals surface area (Å²) < 4.78 is 0. The van der Waals surface area contributed by atoms with Crippen LogP contribution >= 0.6 is 0 Å². The van der Waals surface area contributed by atoms with Crippen molar-refractivity contribution in [2.24, 2.45) is 11.1 Å². The van der Waals surface area contributed by atoms with Gasteiger partial charge in [-0.3, -0.25) is 4.79 Å². The number of allylic oxidation sites excluding steroid dienone is 9. The smallest absolute Gasteiger partial charge is 0.241 e. The molecule has 2 nitrogen and oxygen atoms in total. The van der Waals surface area contributed by atoms with E-state index in [0.29, 0.717) is 0 Å². The van der Waals surface area contributed by atoms with Crippen LogP contribution in [0.4, 0.5) is 0 Å². The number of nitrogens with two attached hydrogens (primary N) is 1. The van der Waals surface area contributed by atoms with Crippen molar-refractivity contribution in [3.8, 4) is 0 Å². The Labute approximate surface area is 122 Å². The van der Waals surface area contributed by atoms with Crippen LogP contribution in [0.5, 0.6) is 0 Å². The highest BCUT2D eigenvalue weighted by atomic mass is 16.1. The van der Waals surface area contributed by atoms with Gasteiger partial charge in [0.25, 0.3) is 0 Å². The van der Waals surface area contributed by atoms with Crippen molar-refractivity contribution in [2.75, 3.05) is 0 Å². The molecule has 0 saturated carbocycles. The molecule has 0 unspecified atom stereocenters. The van der Waals surface area contributed by atoms with Crippen molar-refractivity contribution in [2.45, 2.75) is 40.0 Å². The van der Waals surface area contributed by atoms with E-state index >= 15 is 0 Å². The standard InChI is InChI=1S/C18H25NO/c1-15-11-10-14-18(2,3)16(15)12-8-6-4-5-7-9-13-17(19)20/h4-9,12-13H,10-11,14H2,1-3H3,(H2,19,20). The fourth-order valence-corrected chi connectivity index (χ4v) is 2.57. The molecule has 0 aromatic heterocycles. The first kappa shape index (κ1) is 16.2. The summed E-state index contributed by atoms with van der Waals surface area (Å²) in [6.45, 7) is 6.86. The Kier molecular flexibility index (Phi) is 6.23. The van der Waals surface area contributed by atoms with Crippen LogP contribution in [-0.2, 0) is 4.79 Å². The van der Waals surface area contributed by atoms with E-state index in [1.54, 1.807) is 12.2 Å². The zero-order valence-corrected chi connectivity index (χ0v) is 12.7. The molecule has 20 heavy (non-hydrogen) atoms. The Morgan fingerprint density at radius 1 is 1.10 bits per heavy atom. The SMILES string of the molecule is CC1=C(C=CC=CC=CC=CC(N)=O)C(C)(C)CCC1. The van der Waals surface area contributed by atoms with Gasteiger partial charge in [-0.1, -0.05) is 62.0 Å². The number of carbonyl (C=O) groups excluding carboxylic acids is 1. The van der Waals surface area contributed by atoms with Gasteiger partial charge in [-0.2, -0.15) is 0 Å². The molecule has 0 fully saturated rings. The molecule has 2 N–H and O–H groups in total. The van der Waals surface area contributed by atoms with Crippen molar-refractivity contribution >= 4 is 5.91 Å². The van der Waals surface area contributed by atoms with Gasteiger partial charge in [-0.15, -0.1) is 0 Å². The first-order valence-electron chi connectivity index (χ1n) is 7.11. The highest BCUT2D eigenvalue weighted by molar-refractivity contribution is 5.85. The molecule has 0 radical (unpaired) electrons. The van der Waals surface area contributed by atoms with E-state index in [1.165, 1.54) is 36.5 Å². The molecular formula is C18H25NO. The van der Waals surface area contributed by atoms with Crippen molar-refractivity contribution in [3.63, 3.8) is 0 Å². The number of carbonyl (C=O) groups is 1. The predicted octanol–water partition coefficient (Wildman–Crippen LogP) is 4.22. The molecule has 0 spiro atoms. The van der Waals surface area contributed by atoms with Crippen molar-refractivity contribution in [3.05, 3.63) is 59.8 Å². The number of rotatable bonds is 5. The Balaban J connectivity index is 2.58. The summed E-state index contributed by atoms with van der Waals surface area (Å²) in [6.07, 6.45) is 18.6. The third-order valence-electron chi connectivity index (χ3n) is 3.62. The summed E-state index contributed by atoms with van der Waals surface area (Å²) >= 11 is 0. The van der Waals surface area contributed by atoms with E-state index in [9.17, 15) is 4.79 Å². The Hall–Kier alpha value is -1.83. The predicted molar refractivity (Wildman–Crippen MR) is 86.1 cm³/mol. The molecule has 0 aliphatic heterocycles. The number of hydrogen-bond donors (Lipinski definition) is 1. The van der Waals surface area contributed by atoms with Gasteiger partial charge in [0.2, 0.25) is 5.91 Å². The van der Waals surface area contributed by atoms with E-state index in [1.807, 2.05) is 18.2 Å². The zero-order chi connectivity index (χ0) is 15.0. The van der Waals surface area contributed by atoms with Crippen molar-refractivity contribution in [1.29, 1.82) is 0 Å². The molecule has 1 aliphatic rings. The van der Waals surface area contributed by atoms with Crippen LogP contribution in [0.15, 0.2) is 59.8 Å². The minimum absolute atomic E-state index is 0.284. The second-order valence-electron chi connectivity index (χ2n) is 5.82. The van der Waals surface area contributed by atoms with Crippen LogP contribution in [0.2, 0.25) is 0 Å². The highest BCUT2D eigenvalue weighted by Gasteiger charge is 2.26. The molecule has 0 bridgehead atoms. The first-order chi connectivity index (χ1) is 9.43. The van der Waals surface area contributed by atoms with Crippen LogP contribution in [0.25, 0.3) is 0 Å². The van der Waals surface area contributed by atoms with Gasteiger partial charge >= 0.3 is 0 Å². The Morgan fingerprint density at radius 3 is 2.30 bits per heavy atom. The third kappa shape index (κ3) is 5.43. The second kappa shape index (κ2) is 7.68. The average molecular weight is 271 g/mol. The van der Waals surface area contributed by atoms with Gasteiger partial charge in [0.15, 0.2) is 0 Å². The van der Waals surface area contributed by atoms with Crippen LogP contribution in [0.1, 0.15) is 40.0 Å². The van der Waals surface area contributed by atoms with Gasteiger partial charge in [0.05, 0.1) is 0 Å². The topological polar surface area (TPSA) is 43.1 Å². The molecular weight excluding hydrogens is 246 g/mol. The van der Waals surface area contributed by atoms with Crippen LogP contribution in [-0.4, -0.2) is 5.91 Å². The lowest BCUT2D eigenvalue weighted by Gasteiger charge is -2.32. The summed E-state index contributed by atoms with van der Waals surface area (Å²) in [7, 11) is 0. The molecule has 1 aliphatic carbocycles. The molecule has 0 aromatic rings. The maximum atomic E-state index is 10.5. The molecule has 0 atom stereocenters. The molecule has 1 rings (SSSR count). The van der Waals surface area contributed by atoms with Crippen LogP contribution in [0.3, 0.4) is 0 Å². The van der Waals surface area contributed by atoms with E-state index in [0.717, 1.165) is 0 Å². The molecule has 108 valence electrons. The zero-order valence-electron chi connectivity index (χ0n) is 12.7. The third-order valence-corrected chi connectivity index (χ3v) is 3.62. The first-order valence-corrected chi connectivity index (χ1v) is 7.11. The van der Waals surface area contributed by atoms with Gasteiger partial charge in [-0.25, -0.2) is 0 Å². The van der Waals surface area contributed by atoms with Crippen molar-refractivity contribution < 1.29 is 4.79 Å². The fraction of sp³-hybridized carbons (Fsp3) is 0.389. The Morgan fingerprint density at radius 2 is 1.70 bits per heavy atom. The van der Waals surface area contributed by atoms with Gasteiger partial charge in [0.1, 0.15) is 0 Å². The fourth-order valence-electron chi connectivity index (χ4n) is 2.57. The summed E-state index contributed by atoms with van der Waals surface area (Å²) in [6, 6.07) is 0. The summed E-state index contributed by atoms with van der Waals surface area (Å²) in [4.78, 5) is 10.5. The quantitative estimate of drug-likeness (QED) is 0.590. The minimum atomic E-state index is -0.430. The molecule has 0 aromatic carbocycles. The largest absolute Gasteiger partial charge is 0.366 e. The van der Waals surface area contributed by atoms with Crippen LogP contribution < -0.4 is 5.73 Å². The maximum Gasteiger partial charge on any atom is 0.241 e. The minimum Gasteiger partial charge on any atom is -0.366 e. The van der Waals surface area contributed by atoms with E-state index in [4.69, 9.17) is 5.73 Å². The lowest BCUT2D eigenvalue weighted by Crippen LogP contribution is -2.18. The highest BCUT2D eigenvalue weighted by Crippen LogP contribution is 2.40. The van der Waals surface area contributed by atoms with Gasteiger partial charge in [-0.05, 0) is 37.2 Å². The molecule has 0 heterocycles. The normalized spacial score (nSPS) is 19.9. The lowest BCUT2D eigenvalue weighted by molar-refractivity contribution is -0.113. The lowest BCUT2D eigenvalue weighted by atomic mass is 9.73. The Bertz CT molecular complexity index is 488. The van der Waals surface area contributed by atoms with E-state index in [2.05, 4.69) is 32.9 Å². The average Bonchev–Trinajstić information content (AvgIpc) is 2.34. The van der Waals surface area contributed by atoms with Crippen LogP contribution in [0, 0.1) is 5.41 Å². The van der Waals surface area contributed by atoms with Gasteiger partial charge < -0.3 is 5.73 Å². The molecule has 2 heteroatoms. The van der Waals surface area contributed by atoms with E-state index in [-0.39, 0.29) is 5.41 Å². The molecule has 0 saturated heterocycles. The number of hydrogen-bond acceptors (Lipinski definition) is 1. The monoisotopic (exact) mass is 271 g/mol. The summed E-state index contributed by atoms with van der Waals surface area (Å²) in [5.41, 5.74) is 8.24. The number of amides is 1. The molecule has 1 amide bonds. The van der Waals surface area contributed by atoms with Crippen molar-refractivity contribution in [1.82, 2.24) is 0 Å². The van der Waals surface area contributed by atoms with Gasteiger partial charge in [0, 0.05) is 6.08 Å². The second-order valence-corrected chi connectivity index (χ2v) is 5.82. The summed E-state index contributed by atoms with van der Waals surface area (Å²) in [5, 5.41) is 0. The maximum absolute atomic E-state index is 10.5. The summed E-state index contributed by atoms with van der Waals surface area (Å²) in [5.74, 6) is -0.430. The number of primary amides is 1. The van der Waals surface area contributed by atoms with E-state index < -0.39 is 5.91 Å².